The van der Waals surface area contributed by atoms with Crippen LogP contribution in [0.15, 0.2) is 48.5 Å². The van der Waals surface area contributed by atoms with Crippen LogP contribution in [0.2, 0.25) is 0 Å². The minimum atomic E-state index is -4.82. The molecule has 0 aliphatic rings. The first kappa shape index (κ1) is 15.3. The zero-order valence-corrected chi connectivity index (χ0v) is 11.0. The molecule has 0 heterocycles. The monoisotopic (exact) mass is 300 g/mol. The lowest BCUT2D eigenvalue weighted by atomic mass is 9.88. The van der Waals surface area contributed by atoms with E-state index < -0.39 is 23.5 Å². The van der Waals surface area contributed by atoms with Crippen molar-refractivity contribution in [3.05, 3.63) is 65.5 Å². The number of halogens is 4. The van der Waals surface area contributed by atoms with Crippen molar-refractivity contribution in [2.45, 2.75) is 18.9 Å². The van der Waals surface area contributed by atoms with Gasteiger partial charge in [-0.3, -0.25) is 0 Å². The van der Waals surface area contributed by atoms with E-state index in [0.717, 1.165) is 18.2 Å². The van der Waals surface area contributed by atoms with Gasteiger partial charge in [-0.25, -0.2) is 4.39 Å². The topological polar surface area (TPSA) is 29.5 Å². The fraction of sp³-hybridized carbons (Fsp3) is 0.200. The van der Waals surface area contributed by atoms with Crippen LogP contribution in [-0.2, 0) is 5.60 Å². The minimum absolute atomic E-state index is 0.162. The maximum atomic E-state index is 13.2. The molecule has 0 spiro atoms. The van der Waals surface area contributed by atoms with E-state index in [2.05, 4.69) is 4.74 Å². The molecule has 112 valence electrons. The molecule has 0 aromatic heterocycles. The maximum absolute atomic E-state index is 13.2. The summed E-state index contributed by atoms with van der Waals surface area (Å²) in [4.78, 5) is 0. The molecule has 1 unspecified atom stereocenters. The Morgan fingerprint density at radius 3 is 2.10 bits per heavy atom. The summed E-state index contributed by atoms with van der Waals surface area (Å²) < 4.78 is 53.7. The molecule has 2 aromatic rings. The lowest BCUT2D eigenvalue weighted by Crippen LogP contribution is -2.23. The summed E-state index contributed by atoms with van der Waals surface area (Å²) in [5, 5.41) is 10.5. The van der Waals surface area contributed by atoms with Crippen molar-refractivity contribution in [1.29, 1.82) is 0 Å². The number of aliphatic hydroxyl groups is 1. The summed E-state index contributed by atoms with van der Waals surface area (Å²) in [6.07, 6.45) is -4.82. The van der Waals surface area contributed by atoms with Gasteiger partial charge in [0.2, 0.25) is 0 Å². The summed E-state index contributed by atoms with van der Waals surface area (Å²) in [6, 6.07) is 10.2. The number of ether oxygens (including phenoxy) is 1. The molecule has 1 N–H and O–H groups in total. The van der Waals surface area contributed by atoms with E-state index in [0.29, 0.717) is 0 Å². The molecule has 2 nitrogen and oxygen atoms in total. The third-order valence-electron chi connectivity index (χ3n) is 3.02. The fourth-order valence-electron chi connectivity index (χ4n) is 1.95. The highest BCUT2D eigenvalue weighted by atomic mass is 19.4. The van der Waals surface area contributed by atoms with Crippen LogP contribution >= 0.6 is 0 Å². The summed E-state index contributed by atoms with van der Waals surface area (Å²) in [5.74, 6) is -0.993. The first-order chi connectivity index (χ1) is 9.68. The van der Waals surface area contributed by atoms with E-state index >= 15 is 0 Å². The lowest BCUT2D eigenvalue weighted by Gasteiger charge is -2.25. The van der Waals surface area contributed by atoms with Crippen LogP contribution in [0.3, 0.4) is 0 Å². The summed E-state index contributed by atoms with van der Waals surface area (Å²) in [5.41, 5.74) is -1.26. The second-order valence-electron chi connectivity index (χ2n) is 4.66. The van der Waals surface area contributed by atoms with Crippen molar-refractivity contribution in [3.63, 3.8) is 0 Å². The summed E-state index contributed by atoms with van der Waals surface area (Å²) in [7, 11) is 0. The van der Waals surface area contributed by atoms with Crippen LogP contribution in [0, 0.1) is 5.82 Å². The molecule has 0 radical (unpaired) electrons. The van der Waals surface area contributed by atoms with Crippen LogP contribution in [-0.4, -0.2) is 11.5 Å². The van der Waals surface area contributed by atoms with Crippen LogP contribution in [0.5, 0.6) is 5.75 Å². The van der Waals surface area contributed by atoms with Crippen LogP contribution in [0.25, 0.3) is 0 Å². The van der Waals surface area contributed by atoms with Gasteiger partial charge in [0.15, 0.2) is 0 Å². The molecular formula is C15H12F4O2. The second-order valence-corrected chi connectivity index (χ2v) is 4.66. The SMILES string of the molecule is CC(O)(c1cccc(F)c1)c1cccc(OC(F)(F)F)c1. The summed E-state index contributed by atoms with van der Waals surface area (Å²) >= 11 is 0. The zero-order valence-electron chi connectivity index (χ0n) is 11.0. The Hall–Kier alpha value is -2.08. The van der Waals surface area contributed by atoms with Crippen molar-refractivity contribution in [1.82, 2.24) is 0 Å². The molecule has 6 heteroatoms. The van der Waals surface area contributed by atoms with Gasteiger partial charge in [0.05, 0.1) is 0 Å². The van der Waals surface area contributed by atoms with E-state index in [-0.39, 0.29) is 11.1 Å². The number of benzene rings is 2. The Kier molecular flexibility index (Phi) is 3.91. The van der Waals surface area contributed by atoms with E-state index in [1.165, 1.54) is 37.3 Å². The first-order valence-corrected chi connectivity index (χ1v) is 6.03. The predicted molar refractivity (Wildman–Crippen MR) is 68.2 cm³/mol. The molecule has 0 saturated carbocycles. The standard InChI is InChI=1S/C15H12F4O2/c1-14(20,10-4-2-6-12(16)8-10)11-5-3-7-13(9-11)21-15(17,18)19/h2-9,20H,1H3. The van der Waals surface area contributed by atoms with E-state index in [4.69, 9.17) is 0 Å². The van der Waals surface area contributed by atoms with Crippen molar-refractivity contribution in [2.75, 3.05) is 0 Å². The Morgan fingerprint density at radius 1 is 0.952 bits per heavy atom. The van der Waals surface area contributed by atoms with Gasteiger partial charge in [-0.15, -0.1) is 13.2 Å². The highest BCUT2D eigenvalue weighted by molar-refractivity contribution is 5.39. The average Bonchev–Trinajstić information content (AvgIpc) is 2.37. The number of hydrogen-bond acceptors (Lipinski definition) is 2. The third-order valence-corrected chi connectivity index (χ3v) is 3.02. The Morgan fingerprint density at radius 2 is 1.52 bits per heavy atom. The normalized spacial score (nSPS) is 14.6. The second kappa shape index (κ2) is 5.37. The van der Waals surface area contributed by atoms with E-state index in [1.807, 2.05) is 0 Å². The third kappa shape index (κ3) is 3.72. The number of alkyl halides is 3. The Labute approximate surface area is 118 Å². The van der Waals surface area contributed by atoms with E-state index in [9.17, 15) is 22.7 Å². The van der Waals surface area contributed by atoms with Gasteiger partial charge in [0.25, 0.3) is 0 Å². The molecule has 0 aliphatic heterocycles. The molecule has 0 aliphatic carbocycles. The highest BCUT2D eigenvalue weighted by Crippen LogP contribution is 2.32. The van der Waals surface area contributed by atoms with Gasteiger partial charge >= 0.3 is 6.36 Å². The quantitative estimate of drug-likeness (QED) is 0.869. The van der Waals surface area contributed by atoms with Crippen molar-refractivity contribution in [3.8, 4) is 5.75 Å². The number of hydrogen-bond donors (Lipinski definition) is 1. The van der Waals surface area contributed by atoms with Gasteiger partial charge in [-0.1, -0.05) is 24.3 Å². The van der Waals surface area contributed by atoms with Gasteiger partial charge in [0, 0.05) is 0 Å². The van der Waals surface area contributed by atoms with Crippen molar-refractivity contribution < 1.29 is 27.4 Å². The van der Waals surface area contributed by atoms with Crippen molar-refractivity contribution >= 4 is 0 Å². The maximum Gasteiger partial charge on any atom is 0.573 e. The van der Waals surface area contributed by atoms with Crippen LogP contribution in [0.1, 0.15) is 18.1 Å². The number of rotatable bonds is 3. The Bertz CT molecular complexity index is 636. The molecule has 0 saturated heterocycles. The molecule has 21 heavy (non-hydrogen) atoms. The summed E-state index contributed by atoms with van der Waals surface area (Å²) in [6.45, 7) is 1.37. The molecule has 0 amide bonds. The lowest BCUT2D eigenvalue weighted by molar-refractivity contribution is -0.274. The molecular weight excluding hydrogens is 288 g/mol. The van der Waals surface area contributed by atoms with Gasteiger partial charge in [-0.05, 0) is 42.3 Å². The van der Waals surface area contributed by atoms with Gasteiger partial charge in [0.1, 0.15) is 17.2 Å². The van der Waals surface area contributed by atoms with Crippen LogP contribution in [0.4, 0.5) is 17.6 Å². The first-order valence-electron chi connectivity index (χ1n) is 6.03. The highest BCUT2D eigenvalue weighted by Gasteiger charge is 2.32. The minimum Gasteiger partial charge on any atom is -0.406 e. The molecule has 0 bridgehead atoms. The molecule has 2 rings (SSSR count). The molecule has 0 fully saturated rings. The van der Waals surface area contributed by atoms with Gasteiger partial charge in [-0.2, -0.15) is 0 Å². The zero-order chi connectivity index (χ0) is 15.7. The predicted octanol–water partition coefficient (Wildman–Crippen LogP) is 3.98. The van der Waals surface area contributed by atoms with Crippen molar-refractivity contribution in [2.24, 2.45) is 0 Å². The van der Waals surface area contributed by atoms with E-state index in [1.54, 1.807) is 0 Å². The molecule has 1 atom stereocenters. The fourth-order valence-corrected chi connectivity index (χ4v) is 1.95. The Balaban J connectivity index is 2.38. The average molecular weight is 300 g/mol. The largest absolute Gasteiger partial charge is 0.573 e. The molecule has 2 aromatic carbocycles. The van der Waals surface area contributed by atoms with Crippen LogP contribution < -0.4 is 4.74 Å². The smallest absolute Gasteiger partial charge is 0.406 e. The van der Waals surface area contributed by atoms with Gasteiger partial charge < -0.3 is 9.84 Å².